The highest BCUT2D eigenvalue weighted by molar-refractivity contribution is 8.16. The number of nitrogens with one attached hydrogen (secondary N) is 1. The Labute approximate surface area is 244 Å². The first kappa shape index (κ1) is 28.8. The predicted octanol–water partition coefficient (Wildman–Crippen LogP) is 5.10. The quantitative estimate of drug-likeness (QED) is 0.369. The van der Waals surface area contributed by atoms with E-state index in [1.165, 1.54) is 18.9 Å². The number of thioether (sulfide) groups is 1. The van der Waals surface area contributed by atoms with Gasteiger partial charge in [0.25, 0.3) is 0 Å². The fourth-order valence-electron chi connectivity index (χ4n) is 5.20. The molecule has 0 bridgehead atoms. The second-order valence-corrected chi connectivity index (χ2v) is 10.7. The van der Waals surface area contributed by atoms with Crippen molar-refractivity contribution >= 4 is 28.8 Å². The van der Waals surface area contributed by atoms with Crippen LogP contribution in [0.3, 0.4) is 0 Å². The number of ether oxygens (including phenoxy) is 4. The zero-order valence-electron chi connectivity index (χ0n) is 23.6. The number of allylic oxidation sites excluding steroid dienone is 1. The Hall–Kier alpha value is -3.76. The molecule has 216 valence electrons. The lowest BCUT2D eigenvalue weighted by molar-refractivity contribution is -0.136. The van der Waals surface area contributed by atoms with Gasteiger partial charge < -0.3 is 29.2 Å². The number of amides is 1. The first-order valence-electron chi connectivity index (χ1n) is 13.8. The smallest absolute Gasteiger partial charge is 0.338 e. The van der Waals surface area contributed by atoms with Crippen LogP contribution < -0.4 is 14.8 Å². The van der Waals surface area contributed by atoms with E-state index in [4.69, 9.17) is 23.9 Å². The van der Waals surface area contributed by atoms with Gasteiger partial charge in [-0.25, -0.2) is 9.79 Å². The van der Waals surface area contributed by atoms with E-state index >= 15 is 0 Å². The fourth-order valence-corrected chi connectivity index (χ4v) is 6.13. The van der Waals surface area contributed by atoms with Gasteiger partial charge in [0.1, 0.15) is 6.61 Å². The zero-order valence-corrected chi connectivity index (χ0v) is 24.4. The molecule has 2 atom stereocenters. The number of carbonyl (C=O) groups excluding carboxylic acids is 2. The third-order valence-electron chi connectivity index (χ3n) is 7.26. The molecule has 3 aliphatic heterocycles. The highest BCUT2D eigenvalue weighted by Crippen LogP contribution is 2.46. The Morgan fingerprint density at radius 2 is 1.98 bits per heavy atom. The van der Waals surface area contributed by atoms with E-state index in [1.807, 2.05) is 65.8 Å². The number of nitrogens with zero attached hydrogens (tertiary/aromatic N) is 2. The summed E-state index contributed by atoms with van der Waals surface area (Å²) >= 11 is 1.44. The van der Waals surface area contributed by atoms with Crippen LogP contribution >= 0.6 is 11.8 Å². The topological polar surface area (TPSA) is 98.7 Å². The molecule has 9 nitrogen and oxygen atoms in total. The number of rotatable bonds is 11. The fraction of sp³-hybridized carbons (Fsp3) is 0.387. The van der Waals surface area contributed by atoms with Gasteiger partial charge >= 0.3 is 5.97 Å². The molecule has 0 aromatic heterocycles. The van der Waals surface area contributed by atoms with Crippen LogP contribution in [0.15, 0.2) is 75.9 Å². The minimum absolute atomic E-state index is 0.0572. The lowest BCUT2D eigenvalue weighted by atomic mass is 9.92. The van der Waals surface area contributed by atoms with Crippen LogP contribution in [0.2, 0.25) is 0 Å². The maximum Gasteiger partial charge on any atom is 0.338 e. The van der Waals surface area contributed by atoms with Crippen LogP contribution in [0.25, 0.3) is 0 Å². The van der Waals surface area contributed by atoms with Crippen LogP contribution in [0, 0.1) is 0 Å². The molecule has 0 unspecified atom stereocenters. The second-order valence-electron chi connectivity index (χ2n) is 9.90. The van der Waals surface area contributed by atoms with E-state index in [9.17, 15) is 9.59 Å². The van der Waals surface area contributed by atoms with Gasteiger partial charge in [0.15, 0.2) is 16.7 Å². The Morgan fingerprint density at radius 1 is 1.15 bits per heavy atom. The average molecular weight is 578 g/mol. The predicted molar refractivity (Wildman–Crippen MR) is 157 cm³/mol. The standard InChI is InChI=1S/C31H35N3O6S/c1-4-24-28(30(36)38-3)29(21-12-13-25(26(15-21)37-2)40-18-20-9-6-5-7-10-20)34-22(19-41-31(34)33-24)16-27(35)32-17-23-11-8-14-39-23/h5-7,9-10,12-13,15,19,23,29H,4,8,11,14,16-18H2,1-3H3,(H,32,35)/t23-,29+/m0/s1. The summed E-state index contributed by atoms with van der Waals surface area (Å²) in [6.45, 7) is 3.57. The third-order valence-corrected chi connectivity index (χ3v) is 8.15. The van der Waals surface area contributed by atoms with Gasteiger partial charge in [-0.1, -0.05) is 55.1 Å². The summed E-state index contributed by atoms with van der Waals surface area (Å²) < 4.78 is 22.7. The molecular weight excluding hydrogens is 542 g/mol. The lowest BCUT2D eigenvalue weighted by Crippen LogP contribution is -2.39. The molecule has 0 aliphatic carbocycles. The van der Waals surface area contributed by atoms with Crippen molar-refractivity contribution in [2.75, 3.05) is 27.4 Å². The maximum atomic E-state index is 13.2. The average Bonchev–Trinajstić information content (AvgIpc) is 3.68. The van der Waals surface area contributed by atoms with Crippen molar-refractivity contribution in [1.29, 1.82) is 0 Å². The number of carbonyl (C=O) groups is 2. The van der Waals surface area contributed by atoms with Crippen molar-refractivity contribution in [3.8, 4) is 11.5 Å². The molecular formula is C31H35N3O6S. The largest absolute Gasteiger partial charge is 0.493 e. The number of fused-ring (bicyclic) bond motifs is 1. The van der Waals surface area contributed by atoms with Crippen molar-refractivity contribution in [2.24, 2.45) is 4.99 Å². The van der Waals surface area contributed by atoms with E-state index in [0.717, 1.165) is 36.3 Å². The van der Waals surface area contributed by atoms with E-state index in [0.29, 0.717) is 47.5 Å². The van der Waals surface area contributed by atoms with Crippen molar-refractivity contribution < 1.29 is 28.5 Å². The summed E-state index contributed by atoms with van der Waals surface area (Å²) in [7, 11) is 2.96. The summed E-state index contributed by atoms with van der Waals surface area (Å²) in [4.78, 5) is 33.0. The normalized spacial score (nSPS) is 19.8. The van der Waals surface area contributed by atoms with E-state index in [2.05, 4.69) is 5.32 Å². The molecule has 0 spiro atoms. The number of amidine groups is 1. The number of benzene rings is 2. The summed E-state index contributed by atoms with van der Waals surface area (Å²) in [5.74, 6) is 0.553. The maximum absolute atomic E-state index is 13.2. The van der Waals surface area contributed by atoms with Gasteiger partial charge in [0, 0.05) is 18.8 Å². The number of hydrogen-bond donors (Lipinski definition) is 1. The van der Waals surface area contributed by atoms with Gasteiger partial charge in [-0.15, -0.1) is 0 Å². The molecule has 0 saturated carbocycles. The second kappa shape index (κ2) is 13.3. The molecule has 1 amide bonds. The molecule has 3 heterocycles. The van der Waals surface area contributed by atoms with Crippen molar-refractivity contribution in [2.45, 2.75) is 51.4 Å². The Kier molecular flexibility index (Phi) is 9.31. The molecule has 0 radical (unpaired) electrons. The van der Waals surface area contributed by atoms with Crippen molar-refractivity contribution in [3.63, 3.8) is 0 Å². The Bertz CT molecular complexity index is 1370. The number of aliphatic imine (C=N–C) groups is 1. The van der Waals surface area contributed by atoms with Crippen LogP contribution in [-0.4, -0.2) is 55.4 Å². The molecule has 41 heavy (non-hydrogen) atoms. The highest BCUT2D eigenvalue weighted by atomic mass is 32.2. The minimum Gasteiger partial charge on any atom is -0.493 e. The summed E-state index contributed by atoms with van der Waals surface area (Å²) in [6, 6.07) is 15.0. The molecule has 1 saturated heterocycles. The van der Waals surface area contributed by atoms with Crippen molar-refractivity contribution in [3.05, 3.63) is 82.0 Å². The molecule has 5 rings (SSSR count). The molecule has 3 aliphatic rings. The summed E-state index contributed by atoms with van der Waals surface area (Å²) in [5, 5.41) is 5.64. The molecule has 10 heteroatoms. The molecule has 1 N–H and O–H groups in total. The van der Waals surface area contributed by atoms with Gasteiger partial charge in [0.05, 0.1) is 44.1 Å². The van der Waals surface area contributed by atoms with E-state index in [-0.39, 0.29) is 18.4 Å². The monoisotopic (exact) mass is 577 g/mol. The first-order chi connectivity index (χ1) is 20.0. The lowest BCUT2D eigenvalue weighted by Gasteiger charge is -2.36. The van der Waals surface area contributed by atoms with Crippen LogP contribution in [0.5, 0.6) is 11.5 Å². The van der Waals surface area contributed by atoms with Gasteiger partial charge in [-0.05, 0) is 47.9 Å². The first-order valence-corrected chi connectivity index (χ1v) is 14.7. The van der Waals surface area contributed by atoms with Crippen LogP contribution in [0.4, 0.5) is 0 Å². The molecule has 1 fully saturated rings. The number of methoxy groups -OCH3 is 2. The summed E-state index contributed by atoms with van der Waals surface area (Å²) in [5.41, 5.74) is 3.68. The molecule has 2 aromatic carbocycles. The van der Waals surface area contributed by atoms with Gasteiger partial charge in [-0.3, -0.25) is 4.79 Å². The third kappa shape index (κ3) is 6.44. The van der Waals surface area contributed by atoms with E-state index < -0.39 is 12.0 Å². The van der Waals surface area contributed by atoms with Crippen LogP contribution in [-0.2, 0) is 25.7 Å². The number of hydrogen-bond acceptors (Lipinski definition) is 9. The Balaban J connectivity index is 1.44. The van der Waals surface area contributed by atoms with Gasteiger partial charge in [-0.2, -0.15) is 0 Å². The zero-order chi connectivity index (χ0) is 28.8. The van der Waals surface area contributed by atoms with Gasteiger partial charge in [0.2, 0.25) is 5.91 Å². The van der Waals surface area contributed by atoms with Crippen molar-refractivity contribution in [1.82, 2.24) is 10.2 Å². The molecule has 2 aromatic rings. The Morgan fingerprint density at radius 3 is 2.68 bits per heavy atom. The highest BCUT2D eigenvalue weighted by Gasteiger charge is 2.41. The number of esters is 1. The SMILES string of the molecule is CCC1=C(C(=O)OC)[C@@H](c2ccc(OCc3ccccc3)c(OC)c2)N2C(CC(=O)NC[C@@H]3CCCO3)=CSC2=N1. The van der Waals surface area contributed by atoms with E-state index in [1.54, 1.807) is 7.11 Å². The summed E-state index contributed by atoms with van der Waals surface area (Å²) in [6.07, 6.45) is 2.71. The van der Waals surface area contributed by atoms with Crippen LogP contribution in [0.1, 0.15) is 49.8 Å². The minimum atomic E-state index is -0.561.